The molecule has 4 atom stereocenters. The molecule has 0 aliphatic rings. The van der Waals surface area contributed by atoms with Gasteiger partial charge in [-0.15, -0.1) is 0 Å². The van der Waals surface area contributed by atoms with Gasteiger partial charge in [-0.25, -0.2) is 20.5 Å². The van der Waals surface area contributed by atoms with E-state index in [0.29, 0.717) is 12.8 Å². The van der Waals surface area contributed by atoms with Crippen LogP contribution >= 0.6 is 0 Å². The summed E-state index contributed by atoms with van der Waals surface area (Å²) in [4.78, 5) is 6.36. The molecule has 0 aromatic carbocycles. The molecule has 108 valence electrons. The van der Waals surface area contributed by atoms with Crippen LogP contribution in [0.3, 0.4) is 0 Å². The molecule has 3 N–H and O–H groups in total. The average molecular weight is 489 g/mol. The maximum absolute atomic E-state index is 11.8. The standard InChI is InChI=1S/C10H25N3O4.U/c1-7-9(3,12(14)15)11(5)10(4,8-2)13(16)17-6;/h12-14H,7-8H2,1-6H3;. The SMILES string of the molecule is CCC(C)(N(C)C(C)(CC)[NH+]([O-])OC)[NH+]([O-])O.[U]. The summed E-state index contributed by atoms with van der Waals surface area (Å²) in [5, 5.41) is 31.2. The van der Waals surface area contributed by atoms with E-state index in [1.54, 1.807) is 32.7 Å². The molecule has 0 heterocycles. The van der Waals surface area contributed by atoms with Crippen LogP contribution in [0, 0.1) is 41.5 Å². The summed E-state index contributed by atoms with van der Waals surface area (Å²) in [6.45, 7) is 6.95. The first-order valence-corrected chi connectivity index (χ1v) is 5.76. The van der Waals surface area contributed by atoms with E-state index in [-0.39, 0.29) is 31.1 Å². The molecule has 0 spiro atoms. The largest absolute Gasteiger partial charge is 0.599 e. The van der Waals surface area contributed by atoms with Gasteiger partial charge in [-0.1, -0.05) is 13.8 Å². The minimum atomic E-state index is -1.08. The van der Waals surface area contributed by atoms with Crippen molar-refractivity contribution in [2.45, 2.75) is 51.9 Å². The van der Waals surface area contributed by atoms with Crippen molar-refractivity contribution >= 4 is 0 Å². The zero-order chi connectivity index (χ0) is 13.9. The average Bonchev–Trinajstić information content (AvgIpc) is 2.34. The molecule has 0 rings (SSSR count). The van der Waals surface area contributed by atoms with Crippen LogP contribution in [-0.4, -0.2) is 35.6 Å². The van der Waals surface area contributed by atoms with Crippen LogP contribution in [0.4, 0.5) is 0 Å². The summed E-state index contributed by atoms with van der Waals surface area (Å²) >= 11 is 0. The Kier molecular flexibility index (Phi) is 9.54. The number of hydrogen-bond donors (Lipinski definition) is 3. The number of nitrogens with one attached hydrogen (secondary N) is 2. The van der Waals surface area contributed by atoms with Crippen molar-refractivity contribution in [3.63, 3.8) is 0 Å². The maximum Gasteiger partial charge on any atom is 0.185 e. The Bertz CT molecular complexity index is 247. The Labute approximate surface area is 132 Å². The fraction of sp³-hybridized carbons (Fsp3) is 1.00. The van der Waals surface area contributed by atoms with Gasteiger partial charge >= 0.3 is 0 Å². The van der Waals surface area contributed by atoms with Crippen LogP contribution in [0.2, 0.25) is 0 Å². The van der Waals surface area contributed by atoms with Gasteiger partial charge in [-0.2, -0.15) is 4.90 Å². The van der Waals surface area contributed by atoms with Crippen molar-refractivity contribution in [3.8, 4) is 0 Å². The molecular weight excluding hydrogens is 464 g/mol. The number of quaternary nitrogens is 2. The van der Waals surface area contributed by atoms with Crippen LogP contribution < -0.4 is 10.5 Å². The Morgan fingerprint density at radius 3 is 1.78 bits per heavy atom. The molecule has 0 bridgehead atoms. The first-order chi connectivity index (χ1) is 7.70. The van der Waals surface area contributed by atoms with Gasteiger partial charge < -0.3 is 10.4 Å². The minimum Gasteiger partial charge on any atom is -0.599 e. The monoisotopic (exact) mass is 489 g/mol. The molecule has 0 fully saturated rings. The second-order valence-corrected chi connectivity index (χ2v) is 4.61. The van der Waals surface area contributed by atoms with Gasteiger partial charge in [-0.3, -0.25) is 0 Å². The van der Waals surface area contributed by atoms with Crippen LogP contribution in [-0.2, 0) is 4.84 Å². The summed E-state index contributed by atoms with van der Waals surface area (Å²) in [6.07, 6.45) is 0.893. The summed E-state index contributed by atoms with van der Waals surface area (Å²) < 4.78 is 0. The van der Waals surface area contributed by atoms with Crippen molar-refractivity contribution in [2.24, 2.45) is 0 Å². The fourth-order valence-corrected chi connectivity index (χ4v) is 1.81. The van der Waals surface area contributed by atoms with Crippen molar-refractivity contribution in [3.05, 3.63) is 10.4 Å². The fourth-order valence-electron chi connectivity index (χ4n) is 1.81. The maximum atomic E-state index is 11.8. The number of rotatable bonds is 7. The summed E-state index contributed by atoms with van der Waals surface area (Å²) in [7, 11) is 2.96. The third-order valence-electron chi connectivity index (χ3n) is 3.94. The van der Waals surface area contributed by atoms with Gasteiger partial charge in [0.2, 0.25) is 0 Å². The second kappa shape index (κ2) is 8.15. The van der Waals surface area contributed by atoms with Crippen molar-refractivity contribution < 1.29 is 51.6 Å². The van der Waals surface area contributed by atoms with E-state index in [4.69, 9.17) is 4.84 Å². The van der Waals surface area contributed by atoms with E-state index >= 15 is 0 Å². The van der Waals surface area contributed by atoms with Gasteiger partial charge in [0.1, 0.15) is 0 Å². The quantitative estimate of drug-likeness (QED) is 0.312. The van der Waals surface area contributed by atoms with Crippen molar-refractivity contribution in [1.29, 1.82) is 0 Å². The zero-order valence-electron chi connectivity index (χ0n) is 12.0. The van der Waals surface area contributed by atoms with E-state index in [0.717, 1.165) is 0 Å². The Balaban J connectivity index is 0. The van der Waals surface area contributed by atoms with Gasteiger partial charge in [0.05, 0.1) is 7.11 Å². The normalized spacial score (nSPS) is 21.7. The van der Waals surface area contributed by atoms with Crippen LogP contribution in [0.25, 0.3) is 0 Å². The van der Waals surface area contributed by atoms with E-state index in [9.17, 15) is 15.6 Å². The Hall–Kier alpha value is 0.772. The molecule has 4 unspecified atom stereocenters. The van der Waals surface area contributed by atoms with E-state index in [2.05, 4.69) is 0 Å². The van der Waals surface area contributed by atoms with Crippen LogP contribution in [0.1, 0.15) is 40.5 Å². The molecule has 8 heteroatoms. The Morgan fingerprint density at radius 2 is 1.56 bits per heavy atom. The molecule has 0 radical (unpaired) electrons. The topological polar surface area (TPSA) is 87.7 Å². The van der Waals surface area contributed by atoms with E-state index in [1.165, 1.54) is 7.11 Å². The first-order valence-electron chi connectivity index (χ1n) is 5.76. The van der Waals surface area contributed by atoms with E-state index in [1.807, 2.05) is 6.92 Å². The molecular formula is C10H25N3O4U. The second-order valence-electron chi connectivity index (χ2n) is 4.61. The third-order valence-corrected chi connectivity index (χ3v) is 3.94. The molecule has 0 aromatic heterocycles. The summed E-state index contributed by atoms with van der Waals surface area (Å²) in [5.41, 5.74) is -2.02. The van der Waals surface area contributed by atoms with Gasteiger partial charge in [0.15, 0.2) is 11.3 Å². The van der Waals surface area contributed by atoms with Gasteiger partial charge in [0.25, 0.3) is 0 Å². The molecule has 18 heavy (non-hydrogen) atoms. The predicted molar refractivity (Wildman–Crippen MR) is 62.6 cm³/mol. The smallest absolute Gasteiger partial charge is 0.185 e. The van der Waals surface area contributed by atoms with Gasteiger partial charge in [0, 0.05) is 57.8 Å². The molecule has 0 saturated carbocycles. The minimum absolute atomic E-state index is 0. The molecule has 0 aliphatic carbocycles. The summed E-state index contributed by atoms with van der Waals surface area (Å²) in [6, 6.07) is 0. The molecule has 7 nitrogen and oxygen atoms in total. The van der Waals surface area contributed by atoms with Crippen molar-refractivity contribution in [1.82, 2.24) is 4.90 Å². The van der Waals surface area contributed by atoms with Crippen LogP contribution in [0.15, 0.2) is 0 Å². The summed E-state index contributed by atoms with van der Waals surface area (Å²) in [5.74, 6) is 0. The first kappa shape index (κ1) is 21.1. The number of hydroxylamine groups is 4. The van der Waals surface area contributed by atoms with E-state index < -0.39 is 21.8 Å². The molecule has 0 amide bonds. The number of nitrogens with zero attached hydrogens (tertiary/aromatic N) is 1. The Morgan fingerprint density at radius 1 is 1.17 bits per heavy atom. The molecule has 0 aliphatic heterocycles. The molecule has 0 aromatic rings. The predicted octanol–water partition coefficient (Wildman–Crippen LogP) is -1.11. The molecule has 0 saturated heterocycles. The van der Waals surface area contributed by atoms with Crippen LogP contribution in [0.5, 0.6) is 0 Å². The third kappa shape index (κ3) is 3.88. The zero-order valence-corrected chi connectivity index (χ0v) is 16.2. The number of hydrogen-bond acceptors (Lipinski definition) is 5. The van der Waals surface area contributed by atoms with Gasteiger partial charge in [-0.05, 0) is 7.05 Å². The van der Waals surface area contributed by atoms with Crippen molar-refractivity contribution in [2.75, 3.05) is 14.2 Å².